The largest absolute Gasteiger partial charge is 0.356 e. The molecule has 0 radical (unpaired) electrons. The summed E-state index contributed by atoms with van der Waals surface area (Å²) in [6.07, 6.45) is 0.425. The van der Waals surface area contributed by atoms with Crippen molar-refractivity contribution in [3.8, 4) is 0 Å². The molecule has 2 aromatic carbocycles. The number of carbonyl (C=O) groups is 1. The lowest BCUT2D eigenvalue weighted by atomic mass is 9.90. The van der Waals surface area contributed by atoms with Gasteiger partial charge in [-0.2, -0.15) is 0 Å². The molecular weight excluding hydrogens is 482 g/mol. The van der Waals surface area contributed by atoms with E-state index >= 15 is 0 Å². The highest BCUT2D eigenvalue weighted by Gasteiger charge is 2.24. The van der Waals surface area contributed by atoms with E-state index in [-0.39, 0.29) is 40.8 Å². The van der Waals surface area contributed by atoms with E-state index in [2.05, 4.69) is 20.9 Å². The number of hydrogen-bond donors (Lipinski definition) is 3. The molecule has 1 unspecified atom stereocenters. The highest BCUT2D eigenvalue weighted by molar-refractivity contribution is 14.0. The van der Waals surface area contributed by atoms with Crippen LogP contribution in [0.5, 0.6) is 0 Å². The van der Waals surface area contributed by atoms with Gasteiger partial charge in [0.2, 0.25) is 5.91 Å². The molecule has 2 aromatic rings. The summed E-state index contributed by atoms with van der Waals surface area (Å²) in [7, 11) is 1.68. The molecule has 0 saturated carbocycles. The van der Waals surface area contributed by atoms with Gasteiger partial charge in [0, 0.05) is 38.2 Å². The van der Waals surface area contributed by atoms with Gasteiger partial charge in [-0.05, 0) is 29.3 Å². The van der Waals surface area contributed by atoms with Crippen LogP contribution in [0.2, 0.25) is 5.02 Å². The average Bonchev–Trinajstić information content (AvgIpc) is 2.64. The van der Waals surface area contributed by atoms with E-state index in [0.29, 0.717) is 25.5 Å². The summed E-state index contributed by atoms with van der Waals surface area (Å²) < 4.78 is 13.2. The van der Waals surface area contributed by atoms with Crippen LogP contribution in [0.25, 0.3) is 0 Å². The first-order valence-electron chi connectivity index (χ1n) is 8.34. The van der Waals surface area contributed by atoms with Gasteiger partial charge in [0.1, 0.15) is 5.82 Å². The van der Waals surface area contributed by atoms with Crippen molar-refractivity contribution in [2.45, 2.75) is 18.9 Å². The molecule has 0 saturated heterocycles. The minimum Gasteiger partial charge on any atom is -0.356 e. The van der Waals surface area contributed by atoms with Crippen LogP contribution in [-0.2, 0) is 11.3 Å². The normalized spacial score (nSPS) is 16.0. The molecule has 0 aromatic heterocycles. The summed E-state index contributed by atoms with van der Waals surface area (Å²) >= 11 is 5.80. The van der Waals surface area contributed by atoms with Crippen molar-refractivity contribution in [3.63, 3.8) is 0 Å². The molecule has 3 N–H and O–H groups in total. The van der Waals surface area contributed by atoms with Crippen molar-refractivity contribution in [3.05, 3.63) is 64.4 Å². The third kappa shape index (κ3) is 5.55. The molecule has 8 heteroatoms. The van der Waals surface area contributed by atoms with Gasteiger partial charge in [0.15, 0.2) is 5.96 Å². The monoisotopic (exact) mass is 502 g/mol. The molecule has 0 fully saturated rings. The van der Waals surface area contributed by atoms with E-state index in [0.717, 1.165) is 16.8 Å². The second-order valence-electron chi connectivity index (χ2n) is 6.09. The second-order valence-corrected chi connectivity index (χ2v) is 6.50. The van der Waals surface area contributed by atoms with E-state index in [1.807, 2.05) is 24.3 Å². The van der Waals surface area contributed by atoms with Crippen molar-refractivity contribution in [2.24, 2.45) is 4.99 Å². The number of benzene rings is 2. The van der Waals surface area contributed by atoms with Crippen molar-refractivity contribution in [1.29, 1.82) is 0 Å². The minimum absolute atomic E-state index is 0. The predicted molar refractivity (Wildman–Crippen MR) is 117 cm³/mol. The number of hydrogen-bond acceptors (Lipinski definition) is 2. The van der Waals surface area contributed by atoms with Crippen molar-refractivity contribution < 1.29 is 9.18 Å². The third-order valence-electron chi connectivity index (χ3n) is 4.29. The Bertz CT molecular complexity index is 846. The fourth-order valence-electron chi connectivity index (χ4n) is 2.96. The van der Waals surface area contributed by atoms with Gasteiger partial charge in [-0.3, -0.25) is 9.79 Å². The zero-order chi connectivity index (χ0) is 18.5. The Balaban J connectivity index is 0.00000261. The summed E-state index contributed by atoms with van der Waals surface area (Å²) in [4.78, 5) is 16.1. The van der Waals surface area contributed by atoms with Crippen LogP contribution in [-0.4, -0.2) is 25.5 Å². The molecule has 0 aliphatic carbocycles. The number of amides is 1. The molecule has 144 valence electrons. The highest BCUT2D eigenvalue weighted by Crippen LogP contribution is 2.31. The van der Waals surface area contributed by atoms with Crippen LogP contribution in [0.4, 0.5) is 10.1 Å². The number of halogens is 3. The lowest BCUT2D eigenvalue weighted by Crippen LogP contribution is -2.40. The Labute approximate surface area is 179 Å². The lowest BCUT2D eigenvalue weighted by Gasteiger charge is -2.26. The zero-order valence-electron chi connectivity index (χ0n) is 14.8. The number of aliphatic imine (C=N–C) groups is 1. The minimum atomic E-state index is -0.438. The van der Waals surface area contributed by atoms with Crippen molar-refractivity contribution in [1.82, 2.24) is 10.6 Å². The highest BCUT2D eigenvalue weighted by atomic mass is 127. The molecule has 0 bridgehead atoms. The first kappa shape index (κ1) is 21.4. The predicted octanol–water partition coefficient (Wildman–Crippen LogP) is 3.89. The van der Waals surface area contributed by atoms with Gasteiger partial charge in [-0.25, -0.2) is 4.39 Å². The maximum atomic E-state index is 13.2. The lowest BCUT2D eigenvalue weighted by molar-refractivity contribution is -0.116. The van der Waals surface area contributed by atoms with Gasteiger partial charge < -0.3 is 16.0 Å². The number of para-hydroxylation sites is 1. The Morgan fingerprint density at radius 2 is 2.07 bits per heavy atom. The topological polar surface area (TPSA) is 65.5 Å². The van der Waals surface area contributed by atoms with Crippen LogP contribution >= 0.6 is 35.6 Å². The van der Waals surface area contributed by atoms with Crippen LogP contribution in [0.3, 0.4) is 0 Å². The molecule has 5 nitrogen and oxygen atoms in total. The molecule has 1 aliphatic rings. The molecule has 1 amide bonds. The smallest absolute Gasteiger partial charge is 0.225 e. The number of anilines is 1. The van der Waals surface area contributed by atoms with Crippen molar-refractivity contribution in [2.75, 3.05) is 18.9 Å². The summed E-state index contributed by atoms with van der Waals surface area (Å²) in [6, 6.07) is 12.4. The van der Waals surface area contributed by atoms with E-state index in [1.165, 1.54) is 6.07 Å². The second kappa shape index (κ2) is 9.89. The van der Waals surface area contributed by atoms with E-state index in [1.54, 1.807) is 19.2 Å². The molecule has 1 atom stereocenters. The van der Waals surface area contributed by atoms with Crippen LogP contribution in [0.1, 0.15) is 23.5 Å². The fourth-order valence-corrected chi connectivity index (χ4v) is 3.16. The van der Waals surface area contributed by atoms with Crippen LogP contribution < -0.4 is 16.0 Å². The van der Waals surface area contributed by atoms with Gasteiger partial charge in [0.05, 0.1) is 5.02 Å². The van der Waals surface area contributed by atoms with E-state index < -0.39 is 5.82 Å². The molecule has 1 aliphatic heterocycles. The van der Waals surface area contributed by atoms with Gasteiger partial charge >= 0.3 is 0 Å². The summed E-state index contributed by atoms with van der Waals surface area (Å²) in [5.74, 6) is 0.249. The molecule has 0 spiro atoms. The van der Waals surface area contributed by atoms with Gasteiger partial charge in [-0.1, -0.05) is 35.9 Å². The Kier molecular flexibility index (Phi) is 7.85. The standard InChI is InChI=1S/C19H20ClFN4O.HI/c1-22-19(23-10-12-6-7-16(21)15(20)8-12)24-11-13-9-18(26)25-17-5-3-2-4-14(13)17;/h2-8,13H,9-11H2,1H3,(H,25,26)(H2,22,23,24);1H. The summed E-state index contributed by atoms with van der Waals surface area (Å²) in [6.45, 7) is 1.04. The first-order chi connectivity index (χ1) is 12.6. The zero-order valence-corrected chi connectivity index (χ0v) is 17.8. The van der Waals surface area contributed by atoms with E-state index in [4.69, 9.17) is 11.6 Å². The Morgan fingerprint density at radius 3 is 2.81 bits per heavy atom. The molecule has 27 heavy (non-hydrogen) atoms. The SMILES string of the molecule is CN=C(NCc1ccc(F)c(Cl)c1)NCC1CC(=O)Nc2ccccc21.I. The van der Waals surface area contributed by atoms with Gasteiger partial charge in [-0.15, -0.1) is 24.0 Å². The summed E-state index contributed by atoms with van der Waals surface area (Å²) in [5, 5.41) is 9.40. The molecule has 3 rings (SSSR count). The maximum absolute atomic E-state index is 13.2. The average molecular weight is 503 g/mol. The van der Waals surface area contributed by atoms with Crippen LogP contribution in [0, 0.1) is 5.82 Å². The Morgan fingerprint density at radius 1 is 1.30 bits per heavy atom. The quantitative estimate of drug-likeness (QED) is 0.338. The summed E-state index contributed by atoms with van der Waals surface area (Å²) in [5.41, 5.74) is 2.82. The molecular formula is C19H21ClFIN4O. The number of rotatable bonds is 4. The number of nitrogens with one attached hydrogen (secondary N) is 3. The number of fused-ring (bicyclic) bond motifs is 1. The van der Waals surface area contributed by atoms with E-state index in [9.17, 15) is 9.18 Å². The van der Waals surface area contributed by atoms with Gasteiger partial charge in [0.25, 0.3) is 0 Å². The number of nitrogens with zero attached hydrogens (tertiary/aromatic N) is 1. The first-order valence-corrected chi connectivity index (χ1v) is 8.72. The van der Waals surface area contributed by atoms with Crippen LogP contribution in [0.15, 0.2) is 47.5 Å². The third-order valence-corrected chi connectivity index (χ3v) is 4.58. The Hall–Kier alpha value is -1.87. The van der Waals surface area contributed by atoms with Crippen molar-refractivity contribution >= 4 is 53.1 Å². The number of carbonyl (C=O) groups excluding carboxylic acids is 1. The maximum Gasteiger partial charge on any atom is 0.225 e. The molecule has 1 heterocycles. The fraction of sp³-hybridized carbons (Fsp3) is 0.263. The number of guanidine groups is 1.